The van der Waals surface area contributed by atoms with E-state index in [4.69, 9.17) is 5.26 Å². The lowest BCUT2D eigenvalue weighted by Gasteiger charge is -2.09. The van der Waals surface area contributed by atoms with Gasteiger partial charge in [-0.25, -0.2) is 0 Å². The largest absolute Gasteiger partial charge is 0.316 e. The predicted molar refractivity (Wildman–Crippen MR) is 39.3 cm³/mol. The van der Waals surface area contributed by atoms with Gasteiger partial charge in [0.15, 0.2) is 6.19 Å². The zero-order chi connectivity index (χ0) is 8.27. The highest BCUT2D eigenvalue weighted by molar-refractivity contribution is 5.80. The summed E-state index contributed by atoms with van der Waals surface area (Å²) < 4.78 is 0. The Kier molecular flexibility index (Phi) is 2.44. The number of hydrogen-bond donors (Lipinski definition) is 2. The number of amides is 1. The van der Waals surface area contributed by atoms with Gasteiger partial charge in [-0.3, -0.25) is 10.1 Å². The van der Waals surface area contributed by atoms with E-state index in [0.29, 0.717) is 12.5 Å². The highest BCUT2D eigenvalue weighted by atomic mass is 16.1. The van der Waals surface area contributed by atoms with Gasteiger partial charge in [0.1, 0.15) is 0 Å². The summed E-state index contributed by atoms with van der Waals surface area (Å²) in [6.45, 7) is 3.56. The second-order valence-corrected chi connectivity index (χ2v) is 2.84. The third-order valence-corrected chi connectivity index (χ3v) is 2.03. The molecule has 2 N–H and O–H groups in total. The molecule has 1 saturated heterocycles. The van der Waals surface area contributed by atoms with Crippen molar-refractivity contribution in [2.45, 2.75) is 6.92 Å². The van der Waals surface area contributed by atoms with Crippen LogP contribution in [0.2, 0.25) is 0 Å². The summed E-state index contributed by atoms with van der Waals surface area (Å²) in [5, 5.41) is 13.4. The van der Waals surface area contributed by atoms with Crippen molar-refractivity contribution in [1.29, 1.82) is 5.26 Å². The van der Waals surface area contributed by atoms with Gasteiger partial charge >= 0.3 is 0 Å². The fourth-order valence-corrected chi connectivity index (χ4v) is 1.31. The molecule has 0 spiro atoms. The van der Waals surface area contributed by atoms with Crippen LogP contribution in [0.5, 0.6) is 0 Å². The summed E-state index contributed by atoms with van der Waals surface area (Å²) in [7, 11) is 0. The summed E-state index contributed by atoms with van der Waals surface area (Å²) in [5.41, 5.74) is 0. The standard InChI is InChI=1S/C7H11N3O/c1-5-2-9-3-6(5)7(11)10-4-8/h5-6,9H,2-3H2,1H3,(H,10,11). The predicted octanol–water partition coefficient (Wildman–Crippen LogP) is -0.561. The minimum atomic E-state index is -0.162. The molecule has 2 unspecified atom stereocenters. The summed E-state index contributed by atoms with van der Waals surface area (Å²) in [6, 6.07) is 0. The molecular weight excluding hydrogens is 142 g/mol. The van der Waals surface area contributed by atoms with Gasteiger partial charge in [0.2, 0.25) is 5.91 Å². The first-order valence-corrected chi connectivity index (χ1v) is 3.65. The van der Waals surface area contributed by atoms with E-state index in [9.17, 15) is 4.79 Å². The molecule has 4 nitrogen and oxygen atoms in total. The van der Waals surface area contributed by atoms with Crippen molar-refractivity contribution in [3.63, 3.8) is 0 Å². The van der Waals surface area contributed by atoms with Gasteiger partial charge in [-0.1, -0.05) is 6.92 Å². The van der Waals surface area contributed by atoms with E-state index in [1.165, 1.54) is 0 Å². The molecule has 1 rings (SSSR count). The van der Waals surface area contributed by atoms with E-state index in [2.05, 4.69) is 10.6 Å². The lowest BCUT2D eigenvalue weighted by Crippen LogP contribution is -2.31. The Morgan fingerprint density at radius 2 is 2.45 bits per heavy atom. The van der Waals surface area contributed by atoms with E-state index in [1.807, 2.05) is 6.92 Å². The van der Waals surface area contributed by atoms with Crippen molar-refractivity contribution in [2.75, 3.05) is 13.1 Å². The SMILES string of the molecule is CC1CNCC1C(=O)NC#N. The second-order valence-electron chi connectivity index (χ2n) is 2.84. The third-order valence-electron chi connectivity index (χ3n) is 2.03. The normalized spacial score (nSPS) is 29.5. The zero-order valence-electron chi connectivity index (χ0n) is 6.42. The first-order valence-electron chi connectivity index (χ1n) is 3.65. The summed E-state index contributed by atoms with van der Waals surface area (Å²) >= 11 is 0. The molecule has 1 aliphatic rings. The van der Waals surface area contributed by atoms with E-state index in [1.54, 1.807) is 6.19 Å². The lowest BCUT2D eigenvalue weighted by atomic mass is 9.97. The van der Waals surface area contributed by atoms with Crippen LogP contribution >= 0.6 is 0 Å². The van der Waals surface area contributed by atoms with Crippen LogP contribution in [0, 0.1) is 23.3 Å². The Bertz CT molecular complexity index is 196. The highest BCUT2D eigenvalue weighted by Crippen LogP contribution is 2.15. The summed E-state index contributed by atoms with van der Waals surface area (Å²) in [4.78, 5) is 11.1. The van der Waals surface area contributed by atoms with Crippen LogP contribution in [0.15, 0.2) is 0 Å². The molecule has 1 heterocycles. The number of nitrogens with zero attached hydrogens (tertiary/aromatic N) is 1. The van der Waals surface area contributed by atoms with Crippen molar-refractivity contribution >= 4 is 5.91 Å². The molecule has 60 valence electrons. The molecule has 0 aliphatic carbocycles. The van der Waals surface area contributed by atoms with Gasteiger partial charge in [0, 0.05) is 6.54 Å². The van der Waals surface area contributed by atoms with Crippen LogP contribution in [-0.4, -0.2) is 19.0 Å². The molecule has 1 amide bonds. The zero-order valence-corrected chi connectivity index (χ0v) is 6.42. The van der Waals surface area contributed by atoms with Gasteiger partial charge in [0.25, 0.3) is 0 Å². The summed E-state index contributed by atoms with van der Waals surface area (Å²) in [6.07, 6.45) is 1.64. The Morgan fingerprint density at radius 3 is 2.91 bits per heavy atom. The molecule has 0 bridgehead atoms. The molecule has 1 aliphatic heterocycles. The molecule has 0 aromatic heterocycles. The molecule has 1 fully saturated rings. The average molecular weight is 153 g/mol. The lowest BCUT2D eigenvalue weighted by molar-refractivity contribution is -0.124. The van der Waals surface area contributed by atoms with Gasteiger partial charge in [-0.2, -0.15) is 5.26 Å². The first-order chi connectivity index (χ1) is 5.25. The van der Waals surface area contributed by atoms with Crippen molar-refractivity contribution in [3.05, 3.63) is 0 Å². The molecule has 4 heteroatoms. The maximum atomic E-state index is 11.1. The molecule has 0 aromatic carbocycles. The van der Waals surface area contributed by atoms with Crippen LogP contribution in [0.3, 0.4) is 0 Å². The van der Waals surface area contributed by atoms with E-state index in [-0.39, 0.29) is 11.8 Å². The van der Waals surface area contributed by atoms with Crippen molar-refractivity contribution in [2.24, 2.45) is 11.8 Å². The third kappa shape index (κ3) is 1.69. The monoisotopic (exact) mass is 153 g/mol. The second kappa shape index (κ2) is 3.35. The van der Waals surface area contributed by atoms with Crippen molar-refractivity contribution < 1.29 is 4.79 Å². The van der Waals surface area contributed by atoms with Crippen LogP contribution in [0.4, 0.5) is 0 Å². The summed E-state index contributed by atoms with van der Waals surface area (Å²) in [5.74, 6) is 0.142. The van der Waals surface area contributed by atoms with Crippen LogP contribution < -0.4 is 10.6 Å². The number of carbonyl (C=O) groups excluding carboxylic acids is 1. The Hall–Kier alpha value is -1.08. The van der Waals surface area contributed by atoms with E-state index < -0.39 is 0 Å². The maximum Gasteiger partial charge on any atom is 0.237 e. The van der Waals surface area contributed by atoms with Crippen LogP contribution in [0.1, 0.15) is 6.92 Å². The Balaban J connectivity index is 2.47. The number of rotatable bonds is 1. The quantitative estimate of drug-likeness (QED) is 0.392. The van der Waals surface area contributed by atoms with Crippen LogP contribution in [0.25, 0.3) is 0 Å². The molecule has 0 radical (unpaired) electrons. The van der Waals surface area contributed by atoms with E-state index in [0.717, 1.165) is 6.54 Å². The molecule has 11 heavy (non-hydrogen) atoms. The topological polar surface area (TPSA) is 64.9 Å². The van der Waals surface area contributed by atoms with Crippen LogP contribution in [-0.2, 0) is 4.79 Å². The minimum absolute atomic E-state index is 0.0327. The van der Waals surface area contributed by atoms with Gasteiger partial charge in [-0.15, -0.1) is 0 Å². The number of carbonyl (C=O) groups is 1. The average Bonchev–Trinajstić information content (AvgIpc) is 2.36. The van der Waals surface area contributed by atoms with Gasteiger partial charge < -0.3 is 5.32 Å². The van der Waals surface area contributed by atoms with Crippen molar-refractivity contribution in [1.82, 2.24) is 10.6 Å². The molecular formula is C7H11N3O. The Morgan fingerprint density at radius 1 is 1.73 bits per heavy atom. The first kappa shape index (κ1) is 8.02. The van der Waals surface area contributed by atoms with Crippen molar-refractivity contribution in [3.8, 4) is 6.19 Å². The molecule has 2 atom stereocenters. The van der Waals surface area contributed by atoms with Gasteiger partial charge in [0.05, 0.1) is 5.92 Å². The fraction of sp³-hybridized carbons (Fsp3) is 0.714. The highest BCUT2D eigenvalue weighted by Gasteiger charge is 2.29. The minimum Gasteiger partial charge on any atom is -0.316 e. The smallest absolute Gasteiger partial charge is 0.237 e. The fourth-order valence-electron chi connectivity index (χ4n) is 1.31. The Labute approximate surface area is 65.6 Å². The van der Waals surface area contributed by atoms with E-state index >= 15 is 0 Å². The number of nitrogens with one attached hydrogen (secondary N) is 2. The van der Waals surface area contributed by atoms with Gasteiger partial charge in [-0.05, 0) is 12.5 Å². The molecule has 0 aromatic rings. The molecule has 0 saturated carbocycles. The maximum absolute atomic E-state index is 11.1. The number of hydrogen-bond acceptors (Lipinski definition) is 3. The number of nitriles is 1.